The molecule has 0 spiro atoms. The second-order valence-electron chi connectivity index (χ2n) is 12.2. The molecule has 2 aromatic carbocycles. The molecule has 0 radical (unpaired) electrons. The van der Waals surface area contributed by atoms with Crippen LogP contribution < -0.4 is 4.90 Å². The van der Waals surface area contributed by atoms with Gasteiger partial charge in [0.2, 0.25) is 0 Å². The zero-order chi connectivity index (χ0) is 28.8. The molecule has 1 atom stereocenters. The van der Waals surface area contributed by atoms with Crippen LogP contribution in [-0.2, 0) is 14.5 Å². The quantitative estimate of drug-likeness (QED) is 0.269. The molecular formula is C34H41N5O2S. The number of anilines is 1. The minimum Gasteiger partial charge on any atom is -0.381 e. The minimum atomic E-state index is -2.36. The van der Waals surface area contributed by atoms with Crippen LogP contribution in [0.4, 0.5) is 5.69 Å². The number of aromatic nitrogens is 2. The molecule has 220 valence electrons. The minimum absolute atomic E-state index is 0.270. The summed E-state index contributed by atoms with van der Waals surface area (Å²) in [6.45, 7) is 10.6. The first-order valence-electron chi connectivity index (χ1n) is 15.3. The predicted molar refractivity (Wildman–Crippen MR) is 171 cm³/mol. The molecule has 7 nitrogen and oxygen atoms in total. The molecule has 0 bridgehead atoms. The van der Waals surface area contributed by atoms with Crippen LogP contribution in [0.2, 0.25) is 0 Å². The van der Waals surface area contributed by atoms with Gasteiger partial charge in [-0.3, -0.25) is 4.90 Å². The van der Waals surface area contributed by atoms with E-state index in [0.717, 1.165) is 97.8 Å². The lowest BCUT2D eigenvalue weighted by molar-refractivity contribution is 0.0321. The van der Waals surface area contributed by atoms with Gasteiger partial charge >= 0.3 is 0 Å². The Labute approximate surface area is 249 Å². The number of hydrogen-bond acceptors (Lipinski definition) is 6. The molecule has 4 aromatic rings. The molecule has 0 N–H and O–H groups in total. The van der Waals surface area contributed by atoms with Gasteiger partial charge in [-0.05, 0) is 92.6 Å². The average Bonchev–Trinajstić information content (AvgIpc) is 3.73. The third-order valence-electron chi connectivity index (χ3n) is 9.15. The van der Waals surface area contributed by atoms with Crippen molar-refractivity contribution >= 4 is 26.4 Å². The Balaban J connectivity index is 1.17. The van der Waals surface area contributed by atoms with Gasteiger partial charge in [-0.2, -0.15) is 0 Å². The molecule has 1 unspecified atom stereocenters. The molecule has 0 amide bonds. The molecule has 2 aliphatic heterocycles. The van der Waals surface area contributed by atoms with Crippen molar-refractivity contribution < 1.29 is 8.95 Å². The van der Waals surface area contributed by atoms with E-state index in [1.54, 1.807) is 6.26 Å². The Morgan fingerprint density at radius 2 is 1.62 bits per heavy atom. The molecule has 7 rings (SSSR count). The van der Waals surface area contributed by atoms with Gasteiger partial charge in [-0.1, -0.05) is 12.1 Å². The number of ether oxygens (including phenoxy) is 1. The summed E-state index contributed by atoms with van der Waals surface area (Å²) >= 11 is 0. The average molecular weight is 584 g/mol. The molecule has 3 fully saturated rings. The first-order chi connectivity index (χ1) is 20.4. The Morgan fingerprint density at radius 3 is 2.29 bits per heavy atom. The van der Waals surface area contributed by atoms with Crippen molar-refractivity contribution in [2.24, 2.45) is 4.36 Å². The summed E-state index contributed by atoms with van der Waals surface area (Å²) in [6, 6.07) is 17.8. The Hall–Kier alpha value is -3.20. The van der Waals surface area contributed by atoms with Crippen LogP contribution in [-0.4, -0.2) is 76.4 Å². The number of benzene rings is 2. The zero-order valence-electron chi connectivity index (χ0n) is 25.0. The molecule has 2 aromatic heterocycles. The van der Waals surface area contributed by atoms with E-state index in [1.807, 2.05) is 24.4 Å². The normalized spacial score (nSPS) is 20.1. The van der Waals surface area contributed by atoms with Gasteiger partial charge in [0.05, 0.1) is 15.8 Å². The van der Waals surface area contributed by atoms with Crippen LogP contribution in [0.5, 0.6) is 0 Å². The highest BCUT2D eigenvalue weighted by atomic mass is 32.2. The van der Waals surface area contributed by atoms with Gasteiger partial charge in [0.1, 0.15) is 5.65 Å². The van der Waals surface area contributed by atoms with Crippen LogP contribution in [0, 0.1) is 13.8 Å². The highest BCUT2D eigenvalue weighted by Gasteiger charge is 2.27. The van der Waals surface area contributed by atoms with Crippen molar-refractivity contribution in [3.8, 4) is 16.8 Å². The van der Waals surface area contributed by atoms with Crippen molar-refractivity contribution in [3.63, 3.8) is 0 Å². The summed E-state index contributed by atoms with van der Waals surface area (Å²) < 4.78 is 25.6. The van der Waals surface area contributed by atoms with Crippen molar-refractivity contribution in [2.75, 3.05) is 50.5 Å². The predicted octanol–water partition coefficient (Wildman–Crippen LogP) is 6.23. The maximum Gasteiger partial charge on any atom is 0.145 e. The topological polar surface area (TPSA) is 63.0 Å². The third kappa shape index (κ3) is 5.36. The van der Waals surface area contributed by atoms with Gasteiger partial charge in [-0.15, -0.1) is 0 Å². The van der Waals surface area contributed by atoms with Crippen molar-refractivity contribution in [2.45, 2.75) is 56.5 Å². The highest BCUT2D eigenvalue weighted by molar-refractivity contribution is 7.93. The zero-order valence-corrected chi connectivity index (χ0v) is 25.8. The molecule has 42 heavy (non-hydrogen) atoms. The number of pyridine rings is 1. The maximum absolute atomic E-state index is 13.2. The van der Waals surface area contributed by atoms with Gasteiger partial charge < -0.3 is 14.2 Å². The second kappa shape index (κ2) is 11.1. The van der Waals surface area contributed by atoms with E-state index in [2.05, 4.69) is 69.1 Å². The van der Waals surface area contributed by atoms with E-state index in [9.17, 15) is 4.21 Å². The van der Waals surface area contributed by atoms with Crippen molar-refractivity contribution in [1.82, 2.24) is 14.5 Å². The van der Waals surface area contributed by atoms with Crippen LogP contribution in [0.3, 0.4) is 0 Å². The van der Waals surface area contributed by atoms with E-state index in [0.29, 0.717) is 6.04 Å². The second-order valence-corrected chi connectivity index (χ2v) is 14.5. The lowest BCUT2D eigenvalue weighted by Gasteiger charge is -2.42. The number of aryl methyl sites for hydroxylation is 2. The van der Waals surface area contributed by atoms with E-state index in [1.165, 1.54) is 16.8 Å². The monoisotopic (exact) mass is 583 g/mol. The van der Waals surface area contributed by atoms with Gasteiger partial charge in [0, 0.05) is 91.3 Å². The third-order valence-corrected chi connectivity index (χ3v) is 11.0. The Bertz CT molecular complexity index is 1700. The fourth-order valence-electron chi connectivity index (χ4n) is 6.83. The molecular weight excluding hydrogens is 542 g/mol. The fraction of sp³-hybridized carbons (Fsp3) is 0.441. The van der Waals surface area contributed by atoms with Crippen LogP contribution >= 0.6 is 0 Å². The molecule has 3 aliphatic rings. The van der Waals surface area contributed by atoms with Gasteiger partial charge in [0.25, 0.3) is 0 Å². The Kier molecular flexibility index (Phi) is 7.32. The summed E-state index contributed by atoms with van der Waals surface area (Å²) in [5.41, 5.74) is 8.23. The first kappa shape index (κ1) is 27.6. The Morgan fingerprint density at radius 1 is 0.929 bits per heavy atom. The van der Waals surface area contributed by atoms with Crippen molar-refractivity contribution in [1.29, 1.82) is 0 Å². The van der Waals surface area contributed by atoms with E-state index in [-0.39, 0.29) is 6.04 Å². The molecule has 2 saturated heterocycles. The first-order valence-corrected chi connectivity index (χ1v) is 17.3. The van der Waals surface area contributed by atoms with E-state index >= 15 is 0 Å². The highest BCUT2D eigenvalue weighted by Crippen LogP contribution is 2.35. The summed E-state index contributed by atoms with van der Waals surface area (Å²) in [4.78, 5) is 10.8. The number of fused-ring (bicyclic) bond motifs is 1. The van der Waals surface area contributed by atoms with E-state index < -0.39 is 9.73 Å². The standard InChI is InChI=1S/C34H41N5O2S/c1-24-21-29(22-25(2)33(24)38-17-15-37(16-18-38)28-12-19-41-20-13-28)39-23-32(31-5-4-14-35-34(31)39)26-6-10-30(11-7-26)42(3,40)36-27-8-9-27/h4-7,10-11,14,21-23,27-28H,8-9,12-13,15-20H2,1-3H3. The summed E-state index contributed by atoms with van der Waals surface area (Å²) in [5, 5.41) is 1.11. The summed E-state index contributed by atoms with van der Waals surface area (Å²) in [5.74, 6) is 0. The fourth-order valence-corrected chi connectivity index (χ4v) is 8.37. The number of hydrogen-bond donors (Lipinski definition) is 0. The lowest BCUT2D eigenvalue weighted by atomic mass is 10.0. The molecule has 4 heterocycles. The van der Waals surface area contributed by atoms with Crippen LogP contribution in [0.15, 0.2) is 70.2 Å². The molecule has 1 saturated carbocycles. The summed E-state index contributed by atoms with van der Waals surface area (Å²) in [6.07, 6.45) is 10.3. The van der Waals surface area contributed by atoms with Gasteiger partial charge in [0.15, 0.2) is 0 Å². The van der Waals surface area contributed by atoms with Crippen molar-refractivity contribution in [3.05, 3.63) is 72.1 Å². The lowest BCUT2D eigenvalue weighted by Crippen LogP contribution is -2.52. The van der Waals surface area contributed by atoms with Crippen LogP contribution in [0.1, 0.15) is 36.8 Å². The van der Waals surface area contributed by atoms with Crippen LogP contribution in [0.25, 0.3) is 27.8 Å². The number of rotatable bonds is 6. The molecule has 8 heteroatoms. The van der Waals surface area contributed by atoms with E-state index in [4.69, 9.17) is 9.72 Å². The summed E-state index contributed by atoms with van der Waals surface area (Å²) in [7, 11) is -2.36. The smallest absolute Gasteiger partial charge is 0.145 e. The largest absolute Gasteiger partial charge is 0.381 e. The maximum atomic E-state index is 13.2. The number of nitrogens with zero attached hydrogens (tertiary/aromatic N) is 5. The number of piperazine rings is 1. The van der Waals surface area contributed by atoms with Gasteiger partial charge in [-0.25, -0.2) is 13.6 Å². The SMILES string of the molecule is Cc1cc(-n2cc(-c3ccc(S(C)(=O)=NC4CC4)cc3)c3cccnc32)cc(C)c1N1CCN(C2CCOCC2)CC1. The molecule has 1 aliphatic carbocycles.